The standard InChI is InChI=1S/C17H22OS2/c18-14(12-19-15-6-2-1-3-7-15)10-13-11-20-17-9-5-4-8-16(13)17/h4-5,8-9,11,14-15,18H,1-3,6-7,10,12H2. The molecule has 1 unspecified atom stereocenters. The largest absolute Gasteiger partial charge is 0.392 e. The molecule has 2 aromatic rings. The Balaban J connectivity index is 1.54. The second kappa shape index (κ2) is 6.97. The highest BCUT2D eigenvalue weighted by atomic mass is 32.2. The highest BCUT2D eigenvalue weighted by molar-refractivity contribution is 7.99. The van der Waals surface area contributed by atoms with Crippen molar-refractivity contribution in [2.24, 2.45) is 0 Å². The third-order valence-electron chi connectivity index (χ3n) is 4.09. The van der Waals surface area contributed by atoms with Crippen LogP contribution in [0.1, 0.15) is 37.7 Å². The first-order valence-corrected chi connectivity index (χ1v) is 9.50. The van der Waals surface area contributed by atoms with Gasteiger partial charge in [-0.2, -0.15) is 11.8 Å². The number of hydrogen-bond acceptors (Lipinski definition) is 3. The van der Waals surface area contributed by atoms with Crippen LogP contribution in [0.5, 0.6) is 0 Å². The summed E-state index contributed by atoms with van der Waals surface area (Å²) in [6.45, 7) is 0. The minimum absolute atomic E-state index is 0.208. The Kier molecular flexibility index (Phi) is 5.03. The zero-order valence-corrected chi connectivity index (χ0v) is 13.4. The minimum Gasteiger partial charge on any atom is -0.392 e. The number of thiophene rings is 1. The second-order valence-corrected chi connectivity index (χ2v) is 7.95. The number of hydrogen-bond donors (Lipinski definition) is 1. The van der Waals surface area contributed by atoms with Gasteiger partial charge in [-0.3, -0.25) is 0 Å². The summed E-state index contributed by atoms with van der Waals surface area (Å²) < 4.78 is 1.33. The molecule has 1 nitrogen and oxygen atoms in total. The van der Waals surface area contributed by atoms with Crippen LogP contribution in [0.15, 0.2) is 29.6 Å². The van der Waals surface area contributed by atoms with Crippen LogP contribution < -0.4 is 0 Å². The molecule has 1 atom stereocenters. The van der Waals surface area contributed by atoms with E-state index in [-0.39, 0.29) is 6.10 Å². The van der Waals surface area contributed by atoms with Crippen LogP contribution >= 0.6 is 23.1 Å². The maximum Gasteiger partial charge on any atom is 0.0671 e. The summed E-state index contributed by atoms with van der Waals surface area (Å²) in [6.07, 6.45) is 7.44. The highest BCUT2D eigenvalue weighted by Crippen LogP contribution is 2.30. The molecule has 1 aromatic heterocycles. The first-order chi connectivity index (χ1) is 9.83. The lowest BCUT2D eigenvalue weighted by atomic mass is 10.0. The van der Waals surface area contributed by atoms with Crippen LogP contribution in [0.2, 0.25) is 0 Å². The summed E-state index contributed by atoms with van der Waals surface area (Å²) in [4.78, 5) is 0. The average molecular weight is 306 g/mol. The van der Waals surface area contributed by atoms with E-state index in [1.165, 1.54) is 47.8 Å². The Hall–Kier alpha value is -0.510. The van der Waals surface area contributed by atoms with Crippen molar-refractivity contribution in [3.63, 3.8) is 0 Å². The Morgan fingerprint density at radius 3 is 2.85 bits per heavy atom. The van der Waals surface area contributed by atoms with Gasteiger partial charge in [0.05, 0.1) is 6.10 Å². The number of fused-ring (bicyclic) bond motifs is 1. The van der Waals surface area contributed by atoms with Crippen molar-refractivity contribution in [3.05, 3.63) is 35.2 Å². The van der Waals surface area contributed by atoms with E-state index in [4.69, 9.17) is 0 Å². The number of rotatable bonds is 5. The van der Waals surface area contributed by atoms with Crippen molar-refractivity contribution in [1.29, 1.82) is 0 Å². The SMILES string of the molecule is OC(CSC1CCCCC1)Cc1csc2ccccc12. The summed E-state index contributed by atoms with van der Waals surface area (Å²) in [5.41, 5.74) is 1.31. The molecule has 20 heavy (non-hydrogen) atoms. The molecule has 0 bridgehead atoms. The summed E-state index contributed by atoms with van der Waals surface area (Å²) in [7, 11) is 0. The van der Waals surface area contributed by atoms with Crippen LogP contribution in [-0.4, -0.2) is 22.2 Å². The van der Waals surface area contributed by atoms with Gasteiger partial charge in [-0.05, 0) is 35.2 Å². The molecule has 0 aliphatic heterocycles. The van der Waals surface area contributed by atoms with Crippen LogP contribution in [0, 0.1) is 0 Å². The molecular formula is C17H22OS2. The molecular weight excluding hydrogens is 284 g/mol. The maximum absolute atomic E-state index is 10.3. The Morgan fingerprint density at radius 2 is 2.00 bits per heavy atom. The van der Waals surface area contributed by atoms with E-state index in [1.807, 2.05) is 11.8 Å². The fourth-order valence-electron chi connectivity index (χ4n) is 2.98. The van der Waals surface area contributed by atoms with Crippen LogP contribution in [-0.2, 0) is 6.42 Å². The van der Waals surface area contributed by atoms with Gasteiger partial charge >= 0.3 is 0 Å². The van der Waals surface area contributed by atoms with E-state index < -0.39 is 0 Å². The molecule has 1 aliphatic rings. The number of benzene rings is 1. The van der Waals surface area contributed by atoms with E-state index in [0.717, 1.165) is 17.4 Å². The Bertz CT molecular complexity index is 543. The van der Waals surface area contributed by atoms with Gasteiger partial charge in [-0.25, -0.2) is 0 Å². The zero-order chi connectivity index (χ0) is 13.8. The first kappa shape index (κ1) is 14.4. The lowest BCUT2D eigenvalue weighted by molar-refractivity contribution is 0.200. The molecule has 1 heterocycles. The van der Waals surface area contributed by atoms with Gasteiger partial charge in [0.2, 0.25) is 0 Å². The van der Waals surface area contributed by atoms with Crippen molar-refractivity contribution >= 4 is 33.2 Å². The average Bonchev–Trinajstić information content (AvgIpc) is 2.90. The van der Waals surface area contributed by atoms with E-state index in [2.05, 4.69) is 29.6 Å². The van der Waals surface area contributed by atoms with E-state index in [1.54, 1.807) is 11.3 Å². The van der Waals surface area contributed by atoms with E-state index in [0.29, 0.717) is 0 Å². The molecule has 1 saturated carbocycles. The van der Waals surface area contributed by atoms with E-state index >= 15 is 0 Å². The quantitative estimate of drug-likeness (QED) is 0.850. The minimum atomic E-state index is -0.208. The summed E-state index contributed by atoms with van der Waals surface area (Å²) >= 11 is 3.77. The molecule has 1 fully saturated rings. The van der Waals surface area contributed by atoms with Crippen molar-refractivity contribution in [1.82, 2.24) is 0 Å². The normalized spacial score (nSPS) is 18.4. The fourth-order valence-corrected chi connectivity index (χ4v) is 5.24. The molecule has 0 radical (unpaired) electrons. The zero-order valence-electron chi connectivity index (χ0n) is 11.8. The summed E-state index contributed by atoms with van der Waals surface area (Å²) in [5.74, 6) is 0.884. The van der Waals surface area contributed by atoms with Crippen LogP contribution in [0.4, 0.5) is 0 Å². The molecule has 3 rings (SSSR count). The number of aliphatic hydroxyl groups is 1. The maximum atomic E-state index is 10.3. The van der Waals surface area contributed by atoms with Crippen LogP contribution in [0.25, 0.3) is 10.1 Å². The molecule has 0 saturated heterocycles. The van der Waals surface area contributed by atoms with Gasteiger partial charge < -0.3 is 5.11 Å². The predicted molar refractivity (Wildman–Crippen MR) is 90.9 cm³/mol. The molecule has 3 heteroatoms. The number of aliphatic hydroxyl groups excluding tert-OH is 1. The van der Waals surface area contributed by atoms with Crippen molar-refractivity contribution in [2.75, 3.05) is 5.75 Å². The van der Waals surface area contributed by atoms with Gasteiger partial charge in [0.1, 0.15) is 0 Å². The van der Waals surface area contributed by atoms with Gasteiger partial charge in [0, 0.05) is 22.1 Å². The smallest absolute Gasteiger partial charge is 0.0671 e. The molecule has 1 aliphatic carbocycles. The van der Waals surface area contributed by atoms with Gasteiger partial charge in [0.25, 0.3) is 0 Å². The lowest BCUT2D eigenvalue weighted by Gasteiger charge is -2.22. The monoisotopic (exact) mass is 306 g/mol. The van der Waals surface area contributed by atoms with Gasteiger partial charge in [0.15, 0.2) is 0 Å². The second-order valence-electron chi connectivity index (χ2n) is 5.71. The number of thioether (sulfide) groups is 1. The van der Waals surface area contributed by atoms with E-state index in [9.17, 15) is 5.11 Å². The fraction of sp³-hybridized carbons (Fsp3) is 0.529. The topological polar surface area (TPSA) is 20.2 Å². The van der Waals surface area contributed by atoms with Crippen molar-refractivity contribution in [2.45, 2.75) is 49.9 Å². The van der Waals surface area contributed by atoms with Crippen LogP contribution in [0.3, 0.4) is 0 Å². The van der Waals surface area contributed by atoms with Crippen molar-refractivity contribution in [3.8, 4) is 0 Å². The lowest BCUT2D eigenvalue weighted by Crippen LogP contribution is -2.17. The third kappa shape index (κ3) is 3.57. The highest BCUT2D eigenvalue weighted by Gasteiger charge is 2.16. The molecule has 0 amide bonds. The molecule has 1 N–H and O–H groups in total. The van der Waals surface area contributed by atoms with Gasteiger partial charge in [-0.15, -0.1) is 11.3 Å². The van der Waals surface area contributed by atoms with Crippen molar-refractivity contribution < 1.29 is 5.11 Å². The molecule has 1 aromatic carbocycles. The predicted octanol–water partition coefficient (Wildman–Crippen LogP) is 4.87. The molecule has 108 valence electrons. The third-order valence-corrected chi connectivity index (χ3v) is 6.63. The molecule has 0 spiro atoms. The Morgan fingerprint density at radius 1 is 1.20 bits per heavy atom. The van der Waals surface area contributed by atoms with Gasteiger partial charge in [-0.1, -0.05) is 37.5 Å². The Labute approximate surface area is 129 Å². The summed E-state index contributed by atoms with van der Waals surface area (Å²) in [5, 5.41) is 14.6. The first-order valence-electron chi connectivity index (χ1n) is 7.57. The summed E-state index contributed by atoms with van der Waals surface area (Å²) in [6, 6.07) is 8.49.